The molecule has 1 aromatic heterocycles. The summed E-state index contributed by atoms with van der Waals surface area (Å²) in [5, 5.41) is 0. The number of halogens is 2. The number of rotatable bonds is 3. The fraction of sp³-hybridized carbons (Fsp3) is 0.154. The van der Waals surface area contributed by atoms with Gasteiger partial charge in [0.1, 0.15) is 11.6 Å². The Balaban J connectivity index is 2.14. The summed E-state index contributed by atoms with van der Waals surface area (Å²) >= 11 is 0. The molecule has 0 amide bonds. The van der Waals surface area contributed by atoms with Crippen molar-refractivity contribution in [2.45, 2.75) is 6.54 Å². The van der Waals surface area contributed by atoms with Crippen molar-refractivity contribution in [3.05, 3.63) is 59.8 Å². The number of hydrogen-bond donors (Lipinski definition) is 0. The third-order valence-electron chi connectivity index (χ3n) is 2.40. The van der Waals surface area contributed by atoms with Crippen molar-refractivity contribution in [1.82, 2.24) is 4.98 Å². The molecule has 0 unspecified atom stereocenters. The van der Waals surface area contributed by atoms with Crippen LogP contribution in [0.25, 0.3) is 0 Å². The zero-order chi connectivity index (χ0) is 12.3. The first kappa shape index (κ1) is 11.5. The van der Waals surface area contributed by atoms with Crippen LogP contribution in [0.2, 0.25) is 0 Å². The highest BCUT2D eigenvalue weighted by molar-refractivity contribution is 5.38. The topological polar surface area (TPSA) is 16.1 Å². The number of anilines is 1. The molecular formula is C13H12F2N2. The van der Waals surface area contributed by atoms with Gasteiger partial charge in [-0.15, -0.1) is 0 Å². The number of benzene rings is 1. The van der Waals surface area contributed by atoms with Crippen LogP contribution in [0.5, 0.6) is 0 Å². The second kappa shape index (κ2) is 4.91. The molecule has 0 saturated carbocycles. The Morgan fingerprint density at radius 2 is 1.88 bits per heavy atom. The second-order valence-electron chi connectivity index (χ2n) is 3.80. The van der Waals surface area contributed by atoms with Crippen molar-refractivity contribution < 1.29 is 8.78 Å². The summed E-state index contributed by atoms with van der Waals surface area (Å²) in [6, 6.07) is 10.9. The normalized spacial score (nSPS) is 10.3. The van der Waals surface area contributed by atoms with Crippen molar-refractivity contribution in [3.8, 4) is 0 Å². The molecular weight excluding hydrogens is 222 g/mol. The number of pyridine rings is 1. The van der Waals surface area contributed by atoms with E-state index in [9.17, 15) is 8.78 Å². The third-order valence-corrected chi connectivity index (χ3v) is 2.40. The summed E-state index contributed by atoms with van der Waals surface area (Å²) in [6.45, 7) is 0.480. The summed E-state index contributed by atoms with van der Waals surface area (Å²) in [4.78, 5) is 5.52. The van der Waals surface area contributed by atoms with E-state index in [0.717, 1.165) is 5.56 Å². The van der Waals surface area contributed by atoms with E-state index in [-0.39, 0.29) is 5.82 Å². The van der Waals surface area contributed by atoms with Gasteiger partial charge in [-0.3, -0.25) is 0 Å². The number of hydrogen-bond acceptors (Lipinski definition) is 2. The zero-order valence-corrected chi connectivity index (χ0v) is 9.40. The molecule has 0 atom stereocenters. The van der Waals surface area contributed by atoms with Crippen LogP contribution < -0.4 is 4.90 Å². The van der Waals surface area contributed by atoms with E-state index >= 15 is 0 Å². The Bertz CT molecular complexity index is 514. The quantitative estimate of drug-likeness (QED) is 0.759. The van der Waals surface area contributed by atoms with Gasteiger partial charge in [0.25, 0.3) is 0 Å². The lowest BCUT2D eigenvalue weighted by molar-refractivity contribution is 0.582. The molecule has 17 heavy (non-hydrogen) atoms. The molecule has 0 aliphatic carbocycles. The lowest BCUT2D eigenvalue weighted by Crippen LogP contribution is -2.18. The smallest absolute Gasteiger partial charge is 0.214 e. The van der Waals surface area contributed by atoms with E-state index in [1.165, 1.54) is 18.2 Å². The Kier molecular flexibility index (Phi) is 3.32. The summed E-state index contributed by atoms with van der Waals surface area (Å²) in [7, 11) is 1.78. The lowest BCUT2D eigenvalue weighted by Gasteiger charge is -2.18. The summed E-state index contributed by atoms with van der Waals surface area (Å²) in [5.74, 6) is -0.272. The lowest BCUT2D eigenvalue weighted by atomic mass is 10.2. The fourth-order valence-corrected chi connectivity index (χ4v) is 1.60. The predicted molar refractivity (Wildman–Crippen MR) is 62.7 cm³/mol. The molecule has 0 aliphatic heterocycles. The van der Waals surface area contributed by atoms with E-state index in [1.807, 2.05) is 6.07 Å². The Morgan fingerprint density at radius 3 is 2.59 bits per heavy atom. The summed E-state index contributed by atoms with van der Waals surface area (Å²) in [6.07, 6.45) is 0. The first-order valence-corrected chi connectivity index (χ1v) is 5.23. The molecule has 88 valence electrons. The number of aromatic nitrogens is 1. The van der Waals surface area contributed by atoms with Crippen LogP contribution in [-0.4, -0.2) is 12.0 Å². The molecule has 0 N–H and O–H groups in total. The summed E-state index contributed by atoms with van der Waals surface area (Å²) < 4.78 is 25.9. The van der Waals surface area contributed by atoms with Crippen LogP contribution in [0.4, 0.5) is 14.6 Å². The van der Waals surface area contributed by atoms with Crippen molar-refractivity contribution in [1.29, 1.82) is 0 Å². The van der Waals surface area contributed by atoms with Gasteiger partial charge < -0.3 is 4.90 Å². The molecule has 1 aromatic carbocycles. The maximum atomic E-state index is 13.0. The molecule has 2 aromatic rings. The van der Waals surface area contributed by atoms with Crippen molar-refractivity contribution >= 4 is 5.82 Å². The Labute approximate surface area is 98.5 Å². The van der Waals surface area contributed by atoms with Crippen LogP contribution in [0, 0.1) is 11.8 Å². The first-order valence-electron chi connectivity index (χ1n) is 5.23. The highest BCUT2D eigenvalue weighted by atomic mass is 19.1. The second-order valence-corrected chi connectivity index (χ2v) is 3.80. The molecule has 0 bridgehead atoms. The molecule has 0 aliphatic rings. The number of nitrogens with zero attached hydrogens (tertiary/aromatic N) is 2. The zero-order valence-electron chi connectivity index (χ0n) is 9.40. The van der Waals surface area contributed by atoms with Crippen LogP contribution in [0.15, 0.2) is 42.5 Å². The minimum absolute atomic E-state index is 0.275. The highest BCUT2D eigenvalue weighted by Gasteiger charge is 2.05. The fourth-order valence-electron chi connectivity index (χ4n) is 1.60. The largest absolute Gasteiger partial charge is 0.355 e. The highest BCUT2D eigenvalue weighted by Crippen LogP contribution is 2.13. The average Bonchev–Trinajstić information content (AvgIpc) is 2.29. The van der Waals surface area contributed by atoms with Gasteiger partial charge >= 0.3 is 0 Å². The van der Waals surface area contributed by atoms with Crippen molar-refractivity contribution in [2.24, 2.45) is 0 Å². The molecule has 4 heteroatoms. The molecule has 0 saturated heterocycles. The van der Waals surface area contributed by atoms with Gasteiger partial charge in [0.05, 0.1) is 0 Å². The Hall–Kier alpha value is -1.97. The van der Waals surface area contributed by atoms with Gasteiger partial charge in [0.15, 0.2) is 0 Å². The molecule has 0 spiro atoms. The average molecular weight is 234 g/mol. The van der Waals surface area contributed by atoms with Gasteiger partial charge in [-0.25, -0.2) is 9.37 Å². The standard InChI is InChI=1S/C13H12F2N2/c1-17(13-7-3-6-12(15)16-13)9-10-4-2-5-11(14)8-10/h2-8H,9H2,1H3. The first-order chi connectivity index (χ1) is 8.15. The van der Waals surface area contributed by atoms with E-state index in [4.69, 9.17) is 0 Å². The van der Waals surface area contributed by atoms with Gasteiger partial charge in [-0.2, -0.15) is 4.39 Å². The predicted octanol–water partition coefficient (Wildman–Crippen LogP) is 3.00. The molecule has 0 fully saturated rings. The van der Waals surface area contributed by atoms with Gasteiger partial charge in [0.2, 0.25) is 5.95 Å². The SMILES string of the molecule is CN(Cc1cccc(F)c1)c1cccc(F)n1. The molecule has 2 rings (SSSR count). The van der Waals surface area contributed by atoms with Crippen LogP contribution in [0.1, 0.15) is 5.56 Å². The molecule has 0 radical (unpaired) electrons. The minimum Gasteiger partial charge on any atom is -0.355 e. The van der Waals surface area contributed by atoms with Crippen molar-refractivity contribution in [2.75, 3.05) is 11.9 Å². The van der Waals surface area contributed by atoms with E-state index in [2.05, 4.69) is 4.98 Å². The van der Waals surface area contributed by atoms with Gasteiger partial charge in [-0.05, 0) is 29.8 Å². The maximum Gasteiger partial charge on any atom is 0.214 e. The maximum absolute atomic E-state index is 13.0. The van der Waals surface area contributed by atoms with E-state index in [1.54, 1.807) is 30.1 Å². The molecule has 2 nitrogen and oxygen atoms in total. The van der Waals surface area contributed by atoms with Gasteiger partial charge in [-0.1, -0.05) is 18.2 Å². The van der Waals surface area contributed by atoms with E-state index < -0.39 is 5.95 Å². The Morgan fingerprint density at radius 1 is 1.12 bits per heavy atom. The van der Waals surface area contributed by atoms with Crippen LogP contribution >= 0.6 is 0 Å². The van der Waals surface area contributed by atoms with Crippen LogP contribution in [-0.2, 0) is 6.54 Å². The summed E-state index contributed by atoms with van der Waals surface area (Å²) in [5.41, 5.74) is 0.818. The van der Waals surface area contributed by atoms with E-state index in [0.29, 0.717) is 12.4 Å². The van der Waals surface area contributed by atoms with Crippen LogP contribution in [0.3, 0.4) is 0 Å². The third kappa shape index (κ3) is 3.00. The molecule has 1 heterocycles. The van der Waals surface area contributed by atoms with Crippen molar-refractivity contribution in [3.63, 3.8) is 0 Å². The monoisotopic (exact) mass is 234 g/mol. The van der Waals surface area contributed by atoms with Gasteiger partial charge in [0, 0.05) is 13.6 Å². The minimum atomic E-state index is -0.520.